The van der Waals surface area contributed by atoms with Crippen LogP contribution in [-0.2, 0) is 32.6 Å². The fraction of sp³-hybridized carbons (Fsp3) is 0.235. The number of halogens is 2. The van der Waals surface area contributed by atoms with Crippen LogP contribution in [0, 0.1) is 0 Å². The molecule has 0 bridgehead atoms. The lowest BCUT2D eigenvalue weighted by molar-refractivity contribution is -0.139. The number of carbonyl (C=O) groups excluding carboxylic acids is 2. The topological polar surface area (TPSA) is 96.0 Å². The summed E-state index contributed by atoms with van der Waals surface area (Å²) in [6.45, 7) is 1.68. The summed E-state index contributed by atoms with van der Waals surface area (Å²) in [6, 6.07) is 26.2. The number of nitrogens with zero attached hydrogens (tertiary/aromatic N) is 2. The van der Waals surface area contributed by atoms with Crippen molar-refractivity contribution in [1.29, 1.82) is 0 Å². The number of nitrogens with one attached hydrogen (secondary N) is 1. The third kappa shape index (κ3) is 8.76. The Labute approximate surface area is 284 Å². The van der Waals surface area contributed by atoms with E-state index in [2.05, 4.69) is 5.32 Å². The smallest absolute Gasteiger partial charge is 0.264 e. The van der Waals surface area contributed by atoms with Gasteiger partial charge in [-0.1, -0.05) is 59.6 Å². The molecule has 12 heteroatoms. The van der Waals surface area contributed by atoms with Gasteiger partial charge in [0.05, 0.1) is 27.2 Å². The van der Waals surface area contributed by atoms with Gasteiger partial charge in [0.25, 0.3) is 10.0 Å². The predicted octanol–water partition coefficient (Wildman–Crippen LogP) is 6.70. The molecule has 0 unspecified atom stereocenters. The molecule has 0 aliphatic carbocycles. The maximum atomic E-state index is 14.4. The first-order valence-electron chi connectivity index (χ1n) is 14.5. The summed E-state index contributed by atoms with van der Waals surface area (Å²) in [6.07, 6.45) is 2.09. The normalized spacial score (nSPS) is 11.8. The van der Waals surface area contributed by atoms with E-state index in [1.807, 2.05) is 43.5 Å². The van der Waals surface area contributed by atoms with Crippen LogP contribution < -0.4 is 14.4 Å². The maximum absolute atomic E-state index is 14.4. The minimum Gasteiger partial charge on any atom is -0.494 e. The van der Waals surface area contributed by atoms with Crippen molar-refractivity contribution in [1.82, 2.24) is 10.2 Å². The van der Waals surface area contributed by atoms with E-state index in [4.69, 9.17) is 27.9 Å². The van der Waals surface area contributed by atoms with E-state index >= 15 is 0 Å². The van der Waals surface area contributed by atoms with Gasteiger partial charge in [-0.05, 0) is 85.0 Å². The first-order valence-corrected chi connectivity index (χ1v) is 17.9. The lowest BCUT2D eigenvalue weighted by Gasteiger charge is -2.33. The number of anilines is 1. The Morgan fingerprint density at radius 1 is 0.891 bits per heavy atom. The summed E-state index contributed by atoms with van der Waals surface area (Å²) in [7, 11) is -2.73. The number of benzene rings is 4. The van der Waals surface area contributed by atoms with Gasteiger partial charge >= 0.3 is 0 Å². The molecule has 2 amide bonds. The van der Waals surface area contributed by atoms with Gasteiger partial charge in [0, 0.05) is 24.9 Å². The second kappa shape index (κ2) is 16.2. The van der Waals surface area contributed by atoms with Crippen molar-refractivity contribution in [3.05, 3.63) is 118 Å². The van der Waals surface area contributed by atoms with E-state index in [9.17, 15) is 18.0 Å². The minimum absolute atomic E-state index is 0.0233. The Morgan fingerprint density at radius 3 is 2.15 bits per heavy atom. The minimum atomic E-state index is -4.23. The van der Waals surface area contributed by atoms with Gasteiger partial charge in [0.2, 0.25) is 11.8 Å². The Balaban J connectivity index is 1.80. The van der Waals surface area contributed by atoms with Crippen LogP contribution in [0.1, 0.15) is 18.1 Å². The maximum Gasteiger partial charge on any atom is 0.264 e. The van der Waals surface area contributed by atoms with Crippen molar-refractivity contribution in [3.8, 4) is 5.75 Å². The predicted molar refractivity (Wildman–Crippen MR) is 185 cm³/mol. The van der Waals surface area contributed by atoms with Crippen LogP contribution >= 0.6 is 35.0 Å². The van der Waals surface area contributed by atoms with Gasteiger partial charge in [-0.2, -0.15) is 0 Å². The number of rotatable bonds is 14. The monoisotopic (exact) mass is 699 g/mol. The molecule has 0 aliphatic rings. The number of sulfonamides is 1. The quantitative estimate of drug-likeness (QED) is 0.147. The van der Waals surface area contributed by atoms with E-state index < -0.39 is 34.4 Å². The SMILES string of the molecule is CCOc1ccc(N(CC(=O)N(Cc2ccc(Cl)c(Cl)c2)[C@@H](Cc2ccccc2)C(=O)NC)S(=O)(=O)c2ccc(SC)cc2)cc1. The fourth-order valence-corrected chi connectivity index (χ4v) is 6.98. The summed E-state index contributed by atoms with van der Waals surface area (Å²) >= 11 is 14.0. The van der Waals surface area contributed by atoms with Crippen LogP contribution in [0.3, 0.4) is 0 Å². The molecule has 0 spiro atoms. The number of amides is 2. The zero-order valence-electron chi connectivity index (χ0n) is 25.7. The van der Waals surface area contributed by atoms with Gasteiger partial charge in [0.1, 0.15) is 18.3 Å². The van der Waals surface area contributed by atoms with Crippen molar-refractivity contribution in [2.24, 2.45) is 0 Å². The molecule has 8 nitrogen and oxygen atoms in total. The van der Waals surface area contributed by atoms with E-state index in [0.717, 1.165) is 14.8 Å². The van der Waals surface area contributed by atoms with Crippen LogP contribution in [0.15, 0.2) is 107 Å². The van der Waals surface area contributed by atoms with E-state index in [-0.39, 0.29) is 23.5 Å². The molecule has 0 saturated carbocycles. The summed E-state index contributed by atoms with van der Waals surface area (Å²) in [5.41, 5.74) is 1.71. The van der Waals surface area contributed by atoms with Crippen LogP contribution in [0.5, 0.6) is 5.75 Å². The first kappa shape index (κ1) is 35.2. The van der Waals surface area contributed by atoms with Gasteiger partial charge in [-0.3, -0.25) is 13.9 Å². The van der Waals surface area contributed by atoms with Gasteiger partial charge < -0.3 is 15.0 Å². The Bertz CT molecular complexity index is 1740. The van der Waals surface area contributed by atoms with Crippen molar-refractivity contribution in [3.63, 3.8) is 0 Å². The van der Waals surface area contributed by atoms with E-state index in [0.29, 0.717) is 28.0 Å². The Morgan fingerprint density at radius 2 is 1.57 bits per heavy atom. The number of hydrogen-bond donors (Lipinski definition) is 1. The average Bonchev–Trinajstić information content (AvgIpc) is 3.07. The Hall–Kier alpha value is -3.70. The molecule has 0 radical (unpaired) electrons. The van der Waals surface area contributed by atoms with Crippen molar-refractivity contribution >= 4 is 62.5 Å². The van der Waals surface area contributed by atoms with Crippen LogP contribution in [0.25, 0.3) is 0 Å². The number of carbonyl (C=O) groups is 2. The van der Waals surface area contributed by atoms with Crippen LogP contribution in [0.4, 0.5) is 5.69 Å². The standard InChI is InChI=1S/C34H35Cl2N3O5S2/c1-4-44-27-13-11-26(12-14-27)39(46(42,43)29-17-15-28(45-3)16-18-29)23-33(40)38(22-25-10-19-30(35)31(36)20-25)32(34(41)37-2)21-24-8-6-5-7-9-24/h5-20,32H,4,21-23H2,1-3H3,(H,37,41)/t32-/m0/s1. The highest BCUT2D eigenvalue weighted by atomic mass is 35.5. The molecule has 1 N–H and O–H groups in total. The third-order valence-electron chi connectivity index (χ3n) is 7.22. The van der Waals surface area contributed by atoms with E-state index in [1.54, 1.807) is 54.6 Å². The molecule has 1 atom stereocenters. The summed E-state index contributed by atoms with van der Waals surface area (Å²) < 4.78 is 35.0. The zero-order valence-corrected chi connectivity index (χ0v) is 28.8. The second-order valence-corrected chi connectivity index (χ2v) is 13.8. The Kier molecular flexibility index (Phi) is 12.4. The van der Waals surface area contributed by atoms with Crippen LogP contribution in [0.2, 0.25) is 10.0 Å². The molecular weight excluding hydrogens is 665 g/mol. The average molecular weight is 701 g/mol. The number of ether oxygens (including phenoxy) is 1. The number of thioether (sulfide) groups is 1. The molecular formula is C34H35Cl2N3O5S2. The largest absolute Gasteiger partial charge is 0.494 e. The summed E-state index contributed by atoms with van der Waals surface area (Å²) in [4.78, 5) is 30.1. The van der Waals surface area contributed by atoms with Crippen LogP contribution in [-0.4, -0.2) is 57.6 Å². The molecule has 0 fully saturated rings. The van der Waals surface area contributed by atoms with E-state index in [1.165, 1.54) is 35.8 Å². The molecule has 242 valence electrons. The first-order chi connectivity index (χ1) is 22.1. The molecule has 0 aliphatic heterocycles. The van der Waals surface area contributed by atoms with Crippen molar-refractivity contribution in [2.45, 2.75) is 35.7 Å². The number of hydrogen-bond acceptors (Lipinski definition) is 6. The molecule has 0 aromatic heterocycles. The molecule has 0 heterocycles. The van der Waals surface area contributed by atoms with Gasteiger partial charge in [0.15, 0.2) is 0 Å². The van der Waals surface area contributed by atoms with Gasteiger partial charge in [-0.25, -0.2) is 8.42 Å². The lowest BCUT2D eigenvalue weighted by atomic mass is 10.0. The highest BCUT2D eigenvalue weighted by Crippen LogP contribution is 2.29. The molecule has 46 heavy (non-hydrogen) atoms. The summed E-state index contributed by atoms with van der Waals surface area (Å²) in [5, 5.41) is 3.30. The summed E-state index contributed by atoms with van der Waals surface area (Å²) in [5.74, 6) is -0.433. The van der Waals surface area contributed by atoms with Gasteiger partial charge in [-0.15, -0.1) is 11.8 Å². The molecule has 4 rings (SSSR count). The molecule has 4 aromatic carbocycles. The number of likely N-dealkylation sites (N-methyl/N-ethyl adjacent to an activating group) is 1. The molecule has 4 aromatic rings. The highest BCUT2D eigenvalue weighted by molar-refractivity contribution is 7.98. The zero-order chi connectivity index (χ0) is 33.3. The van der Waals surface area contributed by atoms with Crippen molar-refractivity contribution < 1.29 is 22.7 Å². The third-order valence-corrected chi connectivity index (χ3v) is 10.5. The molecule has 0 saturated heterocycles. The highest BCUT2D eigenvalue weighted by Gasteiger charge is 2.34. The fourth-order valence-electron chi connectivity index (χ4n) is 4.83. The van der Waals surface area contributed by atoms with Crippen molar-refractivity contribution in [2.75, 3.05) is 30.8 Å². The lowest BCUT2D eigenvalue weighted by Crippen LogP contribution is -2.53. The second-order valence-electron chi connectivity index (χ2n) is 10.2.